The van der Waals surface area contributed by atoms with Crippen LogP contribution in [0.4, 0.5) is 5.69 Å². The van der Waals surface area contributed by atoms with Crippen LogP contribution in [-0.4, -0.2) is 12.6 Å². The van der Waals surface area contributed by atoms with E-state index in [2.05, 4.69) is 38.2 Å². The van der Waals surface area contributed by atoms with Crippen molar-refractivity contribution >= 4 is 5.69 Å². The van der Waals surface area contributed by atoms with Crippen LogP contribution in [0.25, 0.3) is 0 Å². The molecule has 0 aliphatic carbocycles. The van der Waals surface area contributed by atoms with Gasteiger partial charge in [0.15, 0.2) is 0 Å². The fourth-order valence-electron chi connectivity index (χ4n) is 1.75. The summed E-state index contributed by atoms with van der Waals surface area (Å²) in [4.78, 5) is 0. The van der Waals surface area contributed by atoms with E-state index in [1.165, 1.54) is 11.1 Å². The lowest BCUT2D eigenvalue weighted by molar-refractivity contribution is 0.225. The molecule has 1 aliphatic rings. The normalized spacial score (nSPS) is 20.1. The van der Waals surface area contributed by atoms with Gasteiger partial charge in [-0.1, -0.05) is 6.07 Å². The predicted molar refractivity (Wildman–Crippen MR) is 54.5 cm³/mol. The Morgan fingerprint density at radius 2 is 2.15 bits per heavy atom. The van der Waals surface area contributed by atoms with Gasteiger partial charge in [-0.15, -0.1) is 0 Å². The van der Waals surface area contributed by atoms with E-state index in [1.807, 2.05) is 0 Å². The molecule has 0 aromatic heterocycles. The zero-order valence-electron chi connectivity index (χ0n) is 8.35. The number of benzene rings is 1. The van der Waals surface area contributed by atoms with Gasteiger partial charge in [-0.2, -0.15) is 0 Å². The number of aryl methyl sites for hydroxylation is 2. The van der Waals surface area contributed by atoms with E-state index < -0.39 is 0 Å². The van der Waals surface area contributed by atoms with E-state index in [9.17, 15) is 0 Å². The molecule has 0 fully saturated rings. The monoisotopic (exact) mass is 177 g/mol. The van der Waals surface area contributed by atoms with Gasteiger partial charge in [-0.3, -0.25) is 0 Å². The second-order valence-electron chi connectivity index (χ2n) is 3.76. The molecule has 0 saturated carbocycles. The van der Waals surface area contributed by atoms with Crippen LogP contribution in [0.2, 0.25) is 0 Å². The predicted octanol–water partition coefficient (Wildman–Crippen LogP) is 2.50. The largest absolute Gasteiger partial charge is 0.487 e. The average molecular weight is 177 g/mol. The highest BCUT2D eigenvalue weighted by atomic mass is 16.5. The van der Waals surface area contributed by atoms with Crippen LogP contribution < -0.4 is 10.1 Å². The molecule has 70 valence electrons. The van der Waals surface area contributed by atoms with Crippen molar-refractivity contribution in [3.8, 4) is 5.75 Å². The molecule has 0 bridgehead atoms. The average Bonchev–Trinajstić information content (AvgIpc) is 2.02. The van der Waals surface area contributed by atoms with Gasteiger partial charge in [0.05, 0.1) is 12.2 Å². The number of nitrogens with one attached hydrogen (secondary N) is 1. The summed E-state index contributed by atoms with van der Waals surface area (Å²) in [7, 11) is 0. The van der Waals surface area contributed by atoms with Crippen LogP contribution in [0.3, 0.4) is 0 Å². The minimum absolute atomic E-state index is 0.272. The summed E-state index contributed by atoms with van der Waals surface area (Å²) in [5, 5.41) is 3.38. The first-order valence-corrected chi connectivity index (χ1v) is 4.68. The molecule has 1 N–H and O–H groups in total. The highest BCUT2D eigenvalue weighted by Crippen LogP contribution is 2.33. The Bertz CT molecular complexity index is 333. The topological polar surface area (TPSA) is 21.3 Å². The second kappa shape index (κ2) is 2.95. The SMILES string of the molecule is Cc1cc(C)c2c(c1)OC(C)CN2. The maximum Gasteiger partial charge on any atom is 0.143 e. The number of rotatable bonds is 0. The van der Waals surface area contributed by atoms with Crippen molar-refractivity contribution in [2.45, 2.75) is 26.9 Å². The third-order valence-corrected chi connectivity index (χ3v) is 2.34. The Labute approximate surface area is 78.9 Å². The summed E-state index contributed by atoms with van der Waals surface area (Å²) in [5.41, 5.74) is 3.68. The fourth-order valence-corrected chi connectivity index (χ4v) is 1.75. The molecule has 0 radical (unpaired) electrons. The standard InChI is InChI=1S/C11H15NO/c1-7-4-8(2)11-10(5-7)13-9(3)6-12-11/h4-5,9,12H,6H2,1-3H3. The Morgan fingerprint density at radius 3 is 2.92 bits per heavy atom. The molecular formula is C11H15NO. The van der Waals surface area contributed by atoms with Gasteiger partial charge in [-0.25, -0.2) is 0 Å². The van der Waals surface area contributed by atoms with Gasteiger partial charge >= 0.3 is 0 Å². The highest BCUT2D eigenvalue weighted by molar-refractivity contribution is 5.64. The quantitative estimate of drug-likeness (QED) is 0.657. The molecular weight excluding hydrogens is 162 g/mol. The van der Waals surface area contributed by atoms with Gasteiger partial charge in [0.25, 0.3) is 0 Å². The molecule has 1 aromatic carbocycles. The van der Waals surface area contributed by atoms with Crippen LogP contribution in [0.1, 0.15) is 18.1 Å². The van der Waals surface area contributed by atoms with E-state index in [1.54, 1.807) is 0 Å². The third kappa shape index (κ3) is 1.48. The molecule has 0 spiro atoms. The van der Waals surface area contributed by atoms with Gasteiger partial charge in [-0.05, 0) is 38.0 Å². The molecule has 1 unspecified atom stereocenters. The Kier molecular flexibility index (Phi) is 1.91. The zero-order chi connectivity index (χ0) is 9.42. The Balaban J connectivity index is 2.47. The van der Waals surface area contributed by atoms with E-state index >= 15 is 0 Å². The van der Waals surface area contributed by atoms with E-state index in [0.29, 0.717) is 0 Å². The highest BCUT2D eigenvalue weighted by Gasteiger charge is 2.16. The first kappa shape index (κ1) is 8.42. The van der Waals surface area contributed by atoms with Crippen molar-refractivity contribution < 1.29 is 4.74 Å². The Morgan fingerprint density at radius 1 is 1.38 bits per heavy atom. The number of fused-ring (bicyclic) bond motifs is 1. The van der Waals surface area contributed by atoms with Crippen molar-refractivity contribution in [1.29, 1.82) is 0 Å². The molecule has 1 aliphatic heterocycles. The van der Waals surface area contributed by atoms with Crippen LogP contribution in [0, 0.1) is 13.8 Å². The third-order valence-electron chi connectivity index (χ3n) is 2.34. The molecule has 13 heavy (non-hydrogen) atoms. The van der Waals surface area contributed by atoms with E-state index in [4.69, 9.17) is 4.74 Å². The van der Waals surface area contributed by atoms with Crippen molar-refractivity contribution in [3.05, 3.63) is 23.3 Å². The smallest absolute Gasteiger partial charge is 0.143 e. The first-order chi connectivity index (χ1) is 6.16. The second-order valence-corrected chi connectivity index (χ2v) is 3.76. The van der Waals surface area contributed by atoms with Crippen molar-refractivity contribution in [1.82, 2.24) is 0 Å². The number of hydrogen-bond donors (Lipinski definition) is 1. The molecule has 2 nitrogen and oxygen atoms in total. The first-order valence-electron chi connectivity index (χ1n) is 4.68. The number of ether oxygens (including phenoxy) is 1. The summed E-state index contributed by atoms with van der Waals surface area (Å²) in [5.74, 6) is 0.997. The Hall–Kier alpha value is -1.18. The van der Waals surface area contributed by atoms with Crippen molar-refractivity contribution in [3.63, 3.8) is 0 Å². The number of anilines is 1. The summed E-state index contributed by atoms with van der Waals surface area (Å²) in [6.07, 6.45) is 0.272. The van der Waals surface area contributed by atoms with E-state index in [-0.39, 0.29) is 6.10 Å². The lowest BCUT2D eigenvalue weighted by Crippen LogP contribution is -2.28. The van der Waals surface area contributed by atoms with Crippen LogP contribution in [-0.2, 0) is 0 Å². The summed E-state index contributed by atoms with van der Waals surface area (Å²) < 4.78 is 5.73. The molecule has 0 saturated heterocycles. The van der Waals surface area contributed by atoms with E-state index in [0.717, 1.165) is 18.0 Å². The lowest BCUT2D eigenvalue weighted by Gasteiger charge is -2.26. The molecule has 0 amide bonds. The molecule has 1 atom stereocenters. The van der Waals surface area contributed by atoms with Gasteiger partial charge in [0.1, 0.15) is 11.9 Å². The molecule has 1 heterocycles. The van der Waals surface area contributed by atoms with Gasteiger partial charge < -0.3 is 10.1 Å². The summed E-state index contributed by atoms with van der Waals surface area (Å²) in [6, 6.07) is 4.26. The minimum Gasteiger partial charge on any atom is -0.487 e. The molecule has 1 aromatic rings. The van der Waals surface area contributed by atoms with Gasteiger partial charge in [0, 0.05) is 0 Å². The molecule has 2 rings (SSSR count). The maximum atomic E-state index is 5.73. The van der Waals surface area contributed by atoms with Crippen LogP contribution in [0.5, 0.6) is 5.75 Å². The van der Waals surface area contributed by atoms with Crippen molar-refractivity contribution in [2.75, 3.05) is 11.9 Å². The summed E-state index contributed by atoms with van der Waals surface area (Å²) in [6.45, 7) is 7.18. The fraction of sp³-hybridized carbons (Fsp3) is 0.455. The lowest BCUT2D eigenvalue weighted by atomic mass is 10.1. The van der Waals surface area contributed by atoms with Crippen LogP contribution in [0.15, 0.2) is 12.1 Å². The summed E-state index contributed by atoms with van der Waals surface area (Å²) >= 11 is 0. The van der Waals surface area contributed by atoms with Crippen LogP contribution >= 0.6 is 0 Å². The minimum atomic E-state index is 0.272. The zero-order valence-corrected chi connectivity index (χ0v) is 8.35. The molecule has 2 heteroatoms. The number of hydrogen-bond acceptors (Lipinski definition) is 2. The maximum absolute atomic E-state index is 5.73. The van der Waals surface area contributed by atoms with Gasteiger partial charge in [0.2, 0.25) is 0 Å². The van der Waals surface area contributed by atoms with Crippen molar-refractivity contribution in [2.24, 2.45) is 0 Å².